The Morgan fingerprint density at radius 1 is 1.37 bits per heavy atom. The molecule has 1 aromatic carbocycles. The number of methoxy groups -OCH3 is 2. The van der Waals surface area contributed by atoms with E-state index in [1.165, 1.54) is 17.7 Å². The number of nitrogens with one attached hydrogen (secondary N) is 2. The van der Waals surface area contributed by atoms with E-state index < -0.39 is 0 Å². The van der Waals surface area contributed by atoms with Crippen molar-refractivity contribution in [2.45, 2.75) is 18.4 Å². The molecule has 0 spiro atoms. The van der Waals surface area contributed by atoms with Gasteiger partial charge in [0.25, 0.3) is 0 Å². The number of hydrogen-bond acceptors (Lipinski definition) is 4. The first-order valence-electron chi connectivity index (χ1n) is 6.90. The summed E-state index contributed by atoms with van der Waals surface area (Å²) < 4.78 is 10.5. The van der Waals surface area contributed by atoms with Gasteiger partial charge in [-0.15, -0.1) is 0 Å². The molecule has 0 aromatic heterocycles. The Bertz CT molecular complexity index is 384. The van der Waals surface area contributed by atoms with Crippen molar-refractivity contribution in [1.29, 1.82) is 0 Å². The molecule has 1 heterocycles. The van der Waals surface area contributed by atoms with Crippen molar-refractivity contribution in [1.82, 2.24) is 5.32 Å². The van der Waals surface area contributed by atoms with Gasteiger partial charge in [0, 0.05) is 45.5 Å². The molecule has 106 valence electrons. The standard InChI is InChI=1S/C15H24N2O2/c1-18-11-13(19-2)10-16-9-12-7-8-17-15-6-4-3-5-14(12)15/h3-6,12-13,16-17H,7-11H2,1-2H3. The fourth-order valence-corrected chi connectivity index (χ4v) is 2.58. The van der Waals surface area contributed by atoms with Gasteiger partial charge in [-0.25, -0.2) is 0 Å². The summed E-state index contributed by atoms with van der Waals surface area (Å²) in [6, 6.07) is 8.57. The Balaban J connectivity index is 1.84. The molecule has 1 aliphatic heterocycles. The van der Waals surface area contributed by atoms with Crippen LogP contribution in [0.3, 0.4) is 0 Å². The summed E-state index contributed by atoms with van der Waals surface area (Å²) in [5.41, 5.74) is 2.70. The minimum absolute atomic E-state index is 0.127. The molecule has 4 nitrogen and oxygen atoms in total. The molecule has 0 radical (unpaired) electrons. The number of hydrogen-bond donors (Lipinski definition) is 2. The van der Waals surface area contributed by atoms with Crippen molar-refractivity contribution in [2.24, 2.45) is 0 Å². The lowest BCUT2D eigenvalue weighted by Crippen LogP contribution is -2.35. The second kappa shape index (κ2) is 7.48. The average Bonchev–Trinajstić information content (AvgIpc) is 2.46. The van der Waals surface area contributed by atoms with Crippen molar-refractivity contribution in [3.8, 4) is 0 Å². The average molecular weight is 264 g/mol. The van der Waals surface area contributed by atoms with E-state index in [1.54, 1.807) is 14.2 Å². The first kappa shape index (κ1) is 14.3. The van der Waals surface area contributed by atoms with E-state index in [0.717, 1.165) is 19.6 Å². The quantitative estimate of drug-likeness (QED) is 0.788. The van der Waals surface area contributed by atoms with Gasteiger partial charge in [0.05, 0.1) is 12.7 Å². The monoisotopic (exact) mass is 264 g/mol. The lowest BCUT2D eigenvalue weighted by atomic mass is 9.91. The van der Waals surface area contributed by atoms with Gasteiger partial charge in [0.1, 0.15) is 0 Å². The summed E-state index contributed by atoms with van der Waals surface area (Å²) in [6.07, 6.45) is 1.30. The van der Waals surface area contributed by atoms with Gasteiger partial charge in [-0.05, 0) is 18.1 Å². The fourth-order valence-electron chi connectivity index (χ4n) is 2.58. The van der Waals surface area contributed by atoms with Gasteiger partial charge < -0.3 is 20.1 Å². The smallest absolute Gasteiger partial charge is 0.0928 e. The Labute approximate surface area is 115 Å². The van der Waals surface area contributed by atoms with Gasteiger partial charge in [-0.3, -0.25) is 0 Å². The maximum atomic E-state index is 5.35. The van der Waals surface area contributed by atoms with E-state index in [2.05, 4.69) is 34.9 Å². The number of para-hydroxylation sites is 1. The van der Waals surface area contributed by atoms with E-state index >= 15 is 0 Å². The number of rotatable bonds is 7. The summed E-state index contributed by atoms with van der Waals surface area (Å²) in [5, 5.41) is 6.95. The van der Waals surface area contributed by atoms with E-state index in [0.29, 0.717) is 12.5 Å². The molecule has 1 aliphatic rings. The van der Waals surface area contributed by atoms with Crippen molar-refractivity contribution in [3.05, 3.63) is 29.8 Å². The highest BCUT2D eigenvalue weighted by Gasteiger charge is 2.19. The molecule has 2 rings (SSSR count). The Morgan fingerprint density at radius 3 is 3.00 bits per heavy atom. The summed E-state index contributed by atoms with van der Waals surface area (Å²) in [6.45, 7) is 3.50. The van der Waals surface area contributed by atoms with Crippen molar-refractivity contribution in [3.63, 3.8) is 0 Å². The Hall–Kier alpha value is -1.10. The third-order valence-corrected chi connectivity index (χ3v) is 3.66. The second-order valence-corrected chi connectivity index (χ2v) is 4.97. The number of fused-ring (bicyclic) bond motifs is 1. The molecule has 19 heavy (non-hydrogen) atoms. The topological polar surface area (TPSA) is 42.5 Å². The summed E-state index contributed by atoms with van der Waals surface area (Å²) in [7, 11) is 3.43. The molecule has 0 fully saturated rings. The highest BCUT2D eigenvalue weighted by Crippen LogP contribution is 2.30. The number of anilines is 1. The minimum Gasteiger partial charge on any atom is -0.385 e. The molecule has 2 unspecified atom stereocenters. The van der Waals surface area contributed by atoms with Crippen LogP contribution >= 0.6 is 0 Å². The van der Waals surface area contributed by atoms with Crippen LogP contribution in [0.5, 0.6) is 0 Å². The fraction of sp³-hybridized carbons (Fsp3) is 0.600. The Kier molecular flexibility index (Phi) is 5.63. The normalized spacial score (nSPS) is 19.6. The van der Waals surface area contributed by atoms with E-state index in [-0.39, 0.29) is 6.10 Å². The zero-order valence-corrected chi connectivity index (χ0v) is 11.8. The molecule has 0 bridgehead atoms. The molecule has 0 saturated carbocycles. The zero-order valence-electron chi connectivity index (χ0n) is 11.8. The molecular weight excluding hydrogens is 240 g/mol. The summed E-state index contributed by atoms with van der Waals surface area (Å²) in [4.78, 5) is 0. The second-order valence-electron chi connectivity index (χ2n) is 4.97. The predicted octanol–water partition coefficient (Wildman–Crippen LogP) is 1.84. The van der Waals surface area contributed by atoms with Crippen LogP contribution in [0.25, 0.3) is 0 Å². The third-order valence-electron chi connectivity index (χ3n) is 3.66. The molecule has 0 amide bonds. The molecule has 2 atom stereocenters. The van der Waals surface area contributed by atoms with Crippen LogP contribution in [-0.4, -0.2) is 46.6 Å². The third kappa shape index (κ3) is 3.93. The largest absolute Gasteiger partial charge is 0.385 e. The van der Waals surface area contributed by atoms with Crippen LogP contribution in [0.2, 0.25) is 0 Å². The highest BCUT2D eigenvalue weighted by atomic mass is 16.5. The van der Waals surface area contributed by atoms with Crippen molar-refractivity contribution >= 4 is 5.69 Å². The van der Waals surface area contributed by atoms with Crippen LogP contribution in [0, 0.1) is 0 Å². The molecule has 0 aliphatic carbocycles. The first-order valence-corrected chi connectivity index (χ1v) is 6.90. The highest BCUT2D eigenvalue weighted by molar-refractivity contribution is 5.54. The van der Waals surface area contributed by atoms with E-state index in [4.69, 9.17) is 9.47 Å². The minimum atomic E-state index is 0.127. The summed E-state index contributed by atoms with van der Waals surface area (Å²) in [5.74, 6) is 0.581. The van der Waals surface area contributed by atoms with Gasteiger partial charge in [-0.1, -0.05) is 18.2 Å². The van der Waals surface area contributed by atoms with Gasteiger partial charge >= 0.3 is 0 Å². The lowest BCUT2D eigenvalue weighted by molar-refractivity contribution is 0.0288. The van der Waals surface area contributed by atoms with E-state index in [1.807, 2.05) is 0 Å². The maximum Gasteiger partial charge on any atom is 0.0928 e. The Morgan fingerprint density at radius 2 is 2.21 bits per heavy atom. The van der Waals surface area contributed by atoms with Crippen LogP contribution in [0.15, 0.2) is 24.3 Å². The zero-order chi connectivity index (χ0) is 13.5. The first-order chi connectivity index (χ1) is 9.35. The number of ether oxygens (including phenoxy) is 2. The molecule has 0 saturated heterocycles. The van der Waals surface area contributed by atoms with Gasteiger partial charge in [0.2, 0.25) is 0 Å². The van der Waals surface area contributed by atoms with Crippen LogP contribution < -0.4 is 10.6 Å². The SMILES string of the molecule is COCC(CNCC1CCNc2ccccc21)OC. The molecule has 1 aromatic rings. The molecule has 2 N–H and O–H groups in total. The molecule has 4 heteroatoms. The van der Waals surface area contributed by atoms with Crippen molar-refractivity contribution < 1.29 is 9.47 Å². The van der Waals surface area contributed by atoms with Crippen LogP contribution in [0.4, 0.5) is 5.69 Å². The van der Waals surface area contributed by atoms with E-state index in [9.17, 15) is 0 Å². The summed E-state index contributed by atoms with van der Waals surface area (Å²) >= 11 is 0. The number of benzene rings is 1. The maximum absolute atomic E-state index is 5.35. The van der Waals surface area contributed by atoms with Crippen LogP contribution in [0.1, 0.15) is 17.9 Å². The van der Waals surface area contributed by atoms with Crippen LogP contribution in [-0.2, 0) is 9.47 Å². The predicted molar refractivity (Wildman–Crippen MR) is 77.8 cm³/mol. The van der Waals surface area contributed by atoms with Gasteiger partial charge in [-0.2, -0.15) is 0 Å². The van der Waals surface area contributed by atoms with Crippen molar-refractivity contribution in [2.75, 3.05) is 45.8 Å². The van der Waals surface area contributed by atoms with Gasteiger partial charge in [0.15, 0.2) is 0 Å². The lowest BCUT2D eigenvalue weighted by Gasteiger charge is -2.27. The molecular formula is C15H24N2O2.